The standard InChI is InChI=1S/C14H16N2O4/c1-20-14(19)11-9-16(7-4-12(11)17)13(18)8-10-2-5-15-6-3-10/h2-3,5-6,11H,4,7-9H2,1H3. The van der Waals surface area contributed by atoms with Crippen LogP contribution in [0.5, 0.6) is 0 Å². The number of carbonyl (C=O) groups excluding carboxylic acids is 3. The van der Waals surface area contributed by atoms with E-state index in [2.05, 4.69) is 9.72 Å². The van der Waals surface area contributed by atoms with E-state index in [1.54, 1.807) is 29.4 Å². The first kappa shape index (κ1) is 14.2. The van der Waals surface area contributed by atoms with Crippen molar-refractivity contribution in [2.24, 2.45) is 5.92 Å². The Labute approximate surface area is 116 Å². The number of rotatable bonds is 3. The Bertz CT molecular complexity index is 507. The van der Waals surface area contributed by atoms with Gasteiger partial charge in [-0.1, -0.05) is 0 Å². The van der Waals surface area contributed by atoms with Gasteiger partial charge in [0.1, 0.15) is 5.92 Å². The van der Waals surface area contributed by atoms with Crippen molar-refractivity contribution in [3.8, 4) is 0 Å². The number of hydrogen-bond donors (Lipinski definition) is 0. The molecule has 0 N–H and O–H groups in total. The third-order valence-electron chi connectivity index (χ3n) is 3.36. The van der Waals surface area contributed by atoms with Crippen LogP contribution in [0.15, 0.2) is 24.5 Å². The fraction of sp³-hybridized carbons (Fsp3) is 0.429. The maximum absolute atomic E-state index is 12.2. The Kier molecular flexibility index (Phi) is 4.45. The van der Waals surface area contributed by atoms with Gasteiger partial charge in [0.2, 0.25) is 5.91 Å². The molecule has 1 unspecified atom stereocenters. The zero-order valence-corrected chi connectivity index (χ0v) is 11.2. The second-order valence-corrected chi connectivity index (χ2v) is 4.66. The molecular weight excluding hydrogens is 260 g/mol. The molecule has 0 bridgehead atoms. The molecule has 0 spiro atoms. The van der Waals surface area contributed by atoms with Crippen molar-refractivity contribution in [3.05, 3.63) is 30.1 Å². The van der Waals surface area contributed by atoms with E-state index in [9.17, 15) is 14.4 Å². The average Bonchev–Trinajstić information content (AvgIpc) is 2.48. The highest BCUT2D eigenvalue weighted by atomic mass is 16.5. The molecule has 2 heterocycles. The van der Waals surface area contributed by atoms with Gasteiger partial charge in [0.05, 0.1) is 13.5 Å². The Hall–Kier alpha value is -2.24. The number of ketones is 1. The molecular formula is C14H16N2O4. The van der Waals surface area contributed by atoms with Gasteiger partial charge >= 0.3 is 5.97 Å². The number of methoxy groups -OCH3 is 1. The number of hydrogen-bond acceptors (Lipinski definition) is 5. The highest BCUT2D eigenvalue weighted by Gasteiger charge is 2.35. The molecule has 20 heavy (non-hydrogen) atoms. The van der Waals surface area contributed by atoms with Crippen molar-refractivity contribution >= 4 is 17.7 Å². The molecule has 6 nitrogen and oxygen atoms in total. The van der Waals surface area contributed by atoms with Gasteiger partial charge in [-0.25, -0.2) is 0 Å². The maximum atomic E-state index is 12.2. The lowest BCUT2D eigenvalue weighted by atomic mass is 9.96. The fourth-order valence-electron chi connectivity index (χ4n) is 2.19. The van der Waals surface area contributed by atoms with E-state index < -0.39 is 11.9 Å². The molecule has 0 radical (unpaired) electrons. The predicted molar refractivity (Wildman–Crippen MR) is 69.7 cm³/mol. The quantitative estimate of drug-likeness (QED) is 0.583. The van der Waals surface area contributed by atoms with Crippen molar-refractivity contribution in [1.82, 2.24) is 9.88 Å². The van der Waals surface area contributed by atoms with Crippen LogP contribution in [0, 0.1) is 5.92 Å². The summed E-state index contributed by atoms with van der Waals surface area (Å²) in [6.07, 6.45) is 3.69. The fourth-order valence-corrected chi connectivity index (χ4v) is 2.19. The van der Waals surface area contributed by atoms with Gasteiger partial charge in [0.25, 0.3) is 0 Å². The first-order chi connectivity index (χ1) is 9.61. The van der Waals surface area contributed by atoms with Gasteiger partial charge in [-0.15, -0.1) is 0 Å². The lowest BCUT2D eigenvalue weighted by Gasteiger charge is -2.30. The number of aromatic nitrogens is 1. The zero-order chi connectivity index (χ0) is 14.5. The summed E-state index contributed by atoms with van der Waals surface area (Å²) in [7, 11) is 1.24. The third kappa shape index (κ3) is 3.20. The van der Waals surface area contributed by atoms with Crippen LogP contribution in [0.25, 0.3) is 0 Å². The molecule has 6 heteroatoms. The Morgan fingerprint density at radius 1 is 1.40 bits per heavy atom. The molecule has 0 aliphatic carbocycles. The molecule has 0 saturated carbocycles. The lowest BCUT2D eigenvalue weighted by Crippen LogP contribution is -2.47. The van der Waals surface area contributed by atoms with Crippen LogP contribution in [0.1, 0.15) is 12.0 Å². The van der Waals surface area contributed by atoms with E-state index in [4.69, 9.17) is 0 Å². The molecule has 106 valence electrons. The number of carbonyl (C=O) groups is 3. The second-order valence-electron chi connectivity index (χ2n) is 4.66. The van der Waals surface area contributed by atoms with Crippen molar-refractivity contribution in [2.75, 3.05) is 20.2 Å². The minimum Gasteiger partial charge on any atom is -0.468 e. The van der Waals surface area contributed by atoms with Gasteiger partial charge in [-0.3, -0.25) is 19.4 Å². The molecule has 1 aliphatic heterocycles. The molecule has 1 amide bonds. The van der Waals surface area contributed by atoms with Crippen LogP contribution < -0.4 is 0 Å². The Morgan fingerprint density at radius 3 is 2.75 bits per heavy atom. The van der Waals surface area contributed by atoms with Crippen LogP contribution in [0.2, 0.25) is 0 Å². The summed E-state index contributed by atoms with van der Waals surface area (Å²) < 4.78 is 4.60. The topological polar surface area (TPSA) is 76.6 Å². The number of nitrogens with zero attached hydrogens (tertiary/aromatic N) is 2. The first-order valence-electron chi connectivity index (χ1n) is 6.39. The van der Waals surface area contributed by atoms with Crippen molar-refractivity contribution < 1.29 is 19.1 Å². The van der Waals surface area contributed by atoms with E-state index in [1.807, 2.05) is 0 Å². The third-order valence-corrected chi connectivity index (χ3v) is 3.36. The van der Waals surface area contributed by atoms with E-state index in [-0.39, 0.29) is 31.1 Å². The highest BCUT2D eigenvalue weighted by Crippen LogP contribution is 2.15. The van der Waals surface area contributed by atoms with E-state index in [0.717, 1.165) is 5.56 Å². The van der Waals surface area contributed by atoms with Crippen LogP contribution in [0.3, 0.4) is 0 Å². The van der Waals surface area contributed by atoms with Crippen molar-refractivity contribution in [3.63, 3.8) is 0 Å². The molecule has 0 aromatic carbocycles. The predicted octanol–water partition coefficient (Wildman–Crippen LogP) is 0.215. The lowest BCUT2D eigenvalue weighted by molar-refractivity contribution is -0.153. The highest BCUT2D eigenvalue weighted by molar-refractivity contribution is 6.00. The molecule has 1 aliphatic rings. The van der Waals surface area contributed by atoms with Gasteiger partial charge in [0.15, 0.2) is 5.78 Å². The Morgan fingerprint density at radius 2 is 2.10 bits per heavy atom. The number of esters is 1. The smallest absolute Gasteiger partial charge is 0.318 e. The molecule has 1 saturated heterocycles. The number of piperidine rings is 1. The molecule has 1 aromatic rings. The summed E-state index contributed by atoms with van der Waals surface area (Å²) in [5, 5.41) is 0. The minimum absolute atomic E-state index is 0.0994. The molecule has 1 fully saturated rings. The number of amides is 1. The Balaban J connectivity index is 2.00. The SMILES string of the molecule is COC(=O)C1CN(C(=O)Cc2ccncc2)CCC1=O. The van der Waals surface area contributed by atoms with E-state index in [1.165, 1.54) is 7.11 Å². The minimum atomic E-state index is -0.852. The summed E-state index contributed by atoms with van der Waals surface area (Å²) in [4.78, 5) is 40.8. The average molecular weight is 276 g/mol. The van der Waals surface area contributed by atoms with Crippen LogP contribution in [0.4, 0.5) is 0 Å². The van der Waals surface area contributed by atoms with E-state index >= 15 is 0 Å². The summed E-state index contributed by atoms with van der Waals surface area (Å²) in [5.74, 6) is -1.69. The number of likely N-dealkylation sites (tertiary alicyclic amines) is 1. The van der Waals surface area contributed by atoms with Gasteiger partial charge in [-0.05, 0) is 17.7 Å². The number of ether oxygens (including phenoxy) is 1. The zero-order valence-electron chi connectivity index (χ0n) is 11.2. The van der Waals surface area contributed by atoms with Gasteiger partial charge in [-0.2, -0.15) is 0 Å². The molecule has 1 atom stereocenters. The van der Waals surface area contributed by atoms with Crippen LogP contribution in [-0.4, -0.2) is 47.7 Å². The largest absolute Gasteiger partial charge is 0.468 e. The maximum Gasteiger partial charge on any atom is 0.318 e. The summed E-state index contributed by atoms with van der Waals surface area (Å²) >= 11 is 0. The molecule has 2 rings (SSSR count). The van der Waals surface area contributed by atoms with Crippen LogP contribution in [-0.2, 0) is 25.5 Å². The van der Waals surface area contributed by atoms with Gasteiger partial charge in [0, 0.05) is 31.9 Å². The van der Waals surface area contributed by atoms with E-state index in [0.29, 0.717) is 6.54 Å². The molecule has 1 aromatic heterocycles. The first-order valence-corrected chi connectivity index (χ1v) is 6.39. The normalized spacial score (nSPS) is 18.8. The number of Topliss-reactive ketones (excluding diaryl/α,β-unsaturated/α-hetero) is 1. The van der Waals surface area contributed by atoms with Gasteiger partial charge < -0.3 is 9.64 Å². The van der Waals surface area contributed by atoms with Crippen molar-refractivity contribution in [2.45, 2.75) is 12.8 Å². The summed E-state index contributed by atoms with van der Waals surface area (Å²) in [5.41, 5.74) is 0.858. The number of pyridine rings is 1. The van der Waals surface area contributed by atoms with Crippen molar-refractivity contribution in [1.29, 1.82) is 0 Å². The van der Waals surface area contributed by atoms with Crippen LogP contribution >= 0.6 is 0 Å². The summed E-state index contributed by atoms with van der Waals surface area (Å²) in [6, 6.07) is 3.54. The monoisotopic (exact) mass is 276 g/mol. The second kappa shape index (κ2) is 6.27. The summed E-state index contributed by atoms with van der Waals surface area (Å²) in [6.45, 7) is 0.464.